The molecule has 0 aliphatic heterocycles. The molecule has 0 saturated carbocycles. The number of aliphatic carboxylic acids is 1. The van der Waals surface area contributed by atoms with Crippen LogP contribution in [-0.2, 0) is 17.6 Å². The molecule has 22 heavy (non-hydrogen) atoms. The number of hydrogen-bond donors (Lipinski definition) is 2. The van der Waals surface area contributed by atoms with Gasteiger partial charge in [0.25, 0.3) is 0 Å². The molecule has 0 unspecified atom stereocenters. The van der Waals surface area contributed by atoms with Crippen molar-refractivity contribution in [2.24, 2.45) is 0 Å². The minimum atomic E-state index is -1.09. The summed E-state index contributed by atoms with van der Waals surface area (Å²) >= 11 is 0. The second kappa shape index (κ2) is 5.36. The molecule has 1 aliphatic carbocycles. The summed E-state index contributed by atoms with van der Waals surface area (Å²) in [5.41, 5.74) is 1.60. The quantitative estimate of drug-likeness (QED) is 0.900. The number of fused-ring (bicyclic) bond motifs is 1. The van der Waals surface area contributed by atoms with Gasteiger partial charge in [0.2, 0.25) is 0 Å². The first kappa shape index (κ1) is 14.4. The average Bonchev–Trinajstić information content (AvgIpc) is 2.96. The number of nitrogens with one attached hydrogen (secondary N) is 1. The molecule has 0 aromatic carbocycles. The second-order valence-electron chi connectivity index (χ2n) is 5.94. The maximum absolute atomic E-state index is 11.4. The van der Waals surface area contributed by atoms with E-state index in [0.29, 0.717) is 17.3 Å². The highest BCUT2D eigenvalue weighted by Gasteiger charge is 2.30. The zero-order valence-corrected chi connectivity index (χ0v) is 12.6. The molecule has 0 spiro atoms. The van der Waals surface area contributed by atoms with Gasteiger partial charge in [-0.05, 0) is 45.2 Å². The Morgan fingerprint density at radius 2 is 2.09 bits per heavy atom. The number of rotatable bonds is 4. The number of anilines is 1. The first-order valence-corrected chi connectivity index (χ1v) is 7.30. The molecule has 0 atom stereocenters. The Bertz CT molecular complexity index is 714. The van der Waals surface area contributed by atoms with Crippen LogP contribution < -0.4 is 5.32 Å². The van der Waals surface area contributed by atoms with E-state index in [-0.39, 0.29) is 0 Å². The topological polar surface area (TPSA) is 88.0 Å². The molecule has 2 N–H and O–H groups in total. The van der Waals surface area contributed by atoms with Crippen molar-refractivity contribution in [2.75, 3.05) is 5.32 Å². The highest BCUT2D eigenvalue weighted by atomic mass is 16.4. The molecule has 114 valence electrons. The first-order valence-electron chi connectivity index (χ1n) is 7.30. The molecule has 1 aliphatic rings. The summed E-state index contributed by atoms with van der Waals surface area (Å²) < 4.78 is 0. The van der Waals surface area contributed by atoms with Gasteiger partial charge in [-0.15, -0.1) is 0 Å². The van der Waals surface area contributed by atoms with Crippen molar-refractivity contribution in [1.82, 2.24) is 15.0 Å². The maximum Gasteiger partial charge on any atom is 0.328 e. The summed E-state index contributed by atoms with van der Waals surface area (Å²) in [6.07, 6.45) is 4.47. The minimum Gasteiger partial charge on any atom is -0.480 e. The Morgan fingerprint density at radius 1 is 1.27 bits per heavy atom. The van der Waals surface area contributed by atoms with Crippen molar-refractivity contribution in [3.05, 3.63) is 35.7 Å². The van der Waals surface area contributed by atoms with Gasteiger partial charge in [0.05, 0.1) is 0 Å². The average molecular weight is 298 g/mol. The highest BCUT2D eigenvalue weighted by Crippen LogP contribution is 2.30. The van der Waals surface area contributed by atoms with Crippen LogP contribution in [0.2, 0.25) is 0 Å². The van der Waals surface area contributed by atoms with Crippen LogP contribution >= 0.6 is 0 Å². The van der Waals surface area contributed by atoms with Gasteiger partial charge in [0.15, 0.2) is 5.82 Å². The van der Waals surface area contributed by atoms with Gasteiger partial charge in [-0.25, -0.2) is 14.8 Å². The molecular formula is C16H18N4O2. The van der Waals surface area contributed by atoms with Gasteiger partial charge in [-0.1, -0.05) is 6.07 Å². The fraction of sp³-hybridized carbons (Fsp3) is 0.375. The fourth-order valence-electron chi connectivity index (χ4n) is 2.49. The number of carbonyl (C=O) groups is 1. The lowest BCUT2D eigenvalue weighted by Crippen LogP contribution is -2.40. The fourth-order valence-corrected chi connectivity index (χ4v) is 2.49. The van der Waals surface area contributed by atoms with Gasteiger partial charge < -0.3 is 10.4 Å². The van der Waals surface area contributed by atoms with Crippen LogP contribution in [0.15, 0.2) is 24.4 Å². The van der Waals surface area contributed by atoms with Gasteiger partial charge in [-0.3, -0.25) is 4.98 Å². The zero-order valence-electron chi connectivity index (χ0n) is 12.6. The Kier molecular flexibility index (Phi) is 3.52. The van der Waals surface area contributed by atoms with E-state index >= 15 is 0 Å². The first-order chi connectivity index (χ1) is 10.5. The van der Waals surface area contributed by atoms with Crippen molar-refractivity contribution in [3.63, 3.8) is 0 Å². The smallest absolute Gasteiger partial charge is 0.328 e. The molecular weight excluding hydrogens is 280 g/mol. The Hall–Kier alpha value is -2.50. The number of carboxylic acid groups (broad SMARTS) is 1. The van der Waals surface area contributed by atoms with Crippen LogP contribution in [0.25, 0.3) is 11.5 Å². The monoisotopic (exact) mass is 298 g/mol. The van der Waals surface area contributed by atoms with E-state index in [4.69, 9.17) is 0 Å². The molecule has 2 aromatic rings. The number of aryl methyl sites for hydroxylation is 1. The number of carboxylic acids is 1. The van der Waals surface area contributed by atoms with Crippen LogP contribution in [0.5, 0.6) is 0 Å². The van der Waals surface area contributed by atoms with Gasteiger partial charge in [-0.2, -0.15) is 0 Å². The minimum absolute atomic E-state index is 0.532. The normalized spacial score (nSPS) is 13.7. The largest absolute Gasteiger partial charge is 0.480 e. The van der Waals surface area contributed by atoms with Crippen molar-refractivity contribution in [2.45, 2.75) is 38.6 Å². The predicted molar refractivity (Wildman–Crippen MR) is 82.6 cm³/mol. The summed E-state index contributed by atoms with van der Waals surface area (Å²) in [5.74, 6) is 0.220. The SMILES string of the molecule is CC(C)(Nc1nc(-c2ccccn2)nc2c1CCC2)C(=O)O. The van der Waals surface area contributed by atoms with Gasteiger partial charge in [0.1, 0.15) is 17.1 Å². The predicted octanol–water partition coefficient (Wildman–Crippen LogP) is 2.30. The zero-order chi connectivity index (χ0) is 15.7. The Balaban J connectivity index is 2.06. The van der Waals surface area contributed by atoms with E-state index in [9.17, 15) is 9.90 Å². The number of pyridine rings is 1. The van der Waals surface area contributed by atoms with Crippen molar-refractivity contribution in [1.29, 1.82) is 0 Å². The Morgan fingerprint density at radius 3 is 2.77 bits per heavy atom. The summed E-state index contributed by atoms with van der Waals surface area (Å²) in [6.45, 7) is 3.25. The van der Waals surface area contributed by atoms with E-state index < -0.39 is 11.5 Å². The standard InChI is InChI=1S/C16H18N4O2/c1-16(2,15(21)22)20-13-10-6-5-8-11(10)18-14(19-13)12-7-3-4-9-17-12/h3-4,7,9H,5-6,8H2,1-2H3,(H,21,22)(H,18,19,20). The molecule has 2 heterocycles. The molecule has 0 fully saturated rings. The van der Waals surface area contributed by atoms with Crippen LogP contribution in [0.4, 0.5) is 5.82 Å². The van der Waals surface area contributed by atoms with Crippen LogP contribution in [0, 0.1) is 0 Å². The molecule has 0 radical (unpaired) electrons. The summed E-state index contributed by atoms with van der Waals surface area (Å²) in [7, 11) is 0. The maximum atomic E-state index is 11.4. The van der Waals surface area contributed by atoms with Crippen LogP contribution in [0.3, 0.4) is 0 Å². The Labute approximate surface area is 128 Å². The summed E-state index contributed by atoms with van der Waals surface area (Å²) in [5, 5.41) is 12.4. The van der Waals surface area contributed by atoms with Crippen molar-refractivity contribution < 1.29 is 9.90 Å². The molecule has 0 amide bonds. The molecule has 3 rings (SSSR count). The van der Waals surface area contributed by atoms with Crippen molar-refractivity contribution >= 4 is 11.8 Å². The van der Waals surface area contributed by atoms with E-state index in [2.05, 4.69) is 20.3 Å². The van der Waals surface area contributed by atoms with Gasteiger partial charge in [0, 0.05) is 17.5 Å². The summed E-state index contributed by atoms with van der Waals surface area (Å²) in [6, 6.07) is 5.57. The van der Waals surface area contributed by atoms with Crippen LogP contribution in [0.1, 0.15) is 31.5 Å². The molecule has 6 heteroatoms. The summed E-state index contributed by atoms with van der Waals surface area (Å²) in [4.78, 5) is 24.8. The van der Waals surface area contributed by atoms with E-state index in [1.54, 1.807) is 20.0 Å². The lowest BCUT2D eigenvalue weighted by Gasteiger charge is -2.23. The molecule has 0 bridgehead atoms. The van der Waals surface area contributed by atoms with Crippen molar-refractivity contribution in [3.8, 4) is 11.5 Å². The lowest BCUT2D eigenvalue weighted by atomic mass is 10.1. The molecule has 0 saturated heterocycles. The van der Waals surface area contributed by atoms with Gasteiger partial charge >= 0.3 is 5.97 Å². The number of aromatic nitrogens is 3. The van der Waals surface area contributed by atoms with Crippen LogP contribution in [-0.4, -0.2) is 31.6 Å². The number of nitrogens with zero attached hydrogens (tertiary/aromatic N) is 3. The molecule has 2 aromatic heterocycles. The third kappa shape index (κ3) is 2.64. The lowest BCUT2D eigenvalue weighted by molar-refractivity contribution is -0.141. The van der Waals surface area contributed by atoms with E-state index in [1.807, 2.05) is 18.2 Å². The second-order valence-corrected chi connectivity index (χ2v) is 5.94. The number of hydrogen-bond acceptors (Lipinski definition) is 5. The van der Waals surface area contributed by atoms with E-state index in [1.165, 1.54) is 0 Å². The highest BCUT2D eigenvalue weighted by molar-refractivity contribution is 5.81. The third-order valence-electron chi connectivity index (χ3n) is 3.79. The molecule has 6 nitrogen and oxygen atoms in total. The third-order valence-corrected chi connectivity index (χ3v) is 3.79. The van der Waals surface area contributed by atoms with E-state index in [0.717, 1.165) is 30.5 Å².